The lowest BCUT2D eigenvalue weighted by molar-refractivity contribution is -0.130. The summed E-state index contributed by atoms with van der Waals surface area (Å²) in [5.41, 5.74) is 0. The number of amides is 1. The molecule has 1 N–H and O–H groups in total. The minimum absolute atomic E-state index is 0.358. The van der Waals surface area contributed by atoms with Crippen molar-refractivity contribution in [3.05, 3.63) is 18.2 Å². The Balaban J connectivity index is 1.42. The molecule has 1 saturated carbocycles. The maximum Gasteiger partial charge on any atom is 0.222 e. The van der Waals surface area contributed by atoms with Gasteiger partial charge in [0.1, 0.15) is 5.82 Å². The number of hydrogen-bond donors (Lipinski definition) is 1. The molecule has 0 bridgehead atoms. The minimum atomic E-state index is 0.358. The van der Waals surface area contributed by atoms with E-state index in [1.165, 1.54) is 12.8 Å². The predicted molar refractivity (Wildman–Crippen MR) is 81.9 cm³/mol. The highest BCUT2D eigenvalue weighted by atomic mass is 16.2. The number of rotatable bonds is 6. The fraction of sp³-hybridized carbons (Fsp3) is 0.750. The first-order chi connectivity index (χ1) is 10.2. The van der Waals surface area contributed by atoms with Crippen molar-refractivity contribution in [2.75, 3.05) is 19.6 Å². The second-order valence-electron chi connectivity index (χ2n) is 6.43. The van der Waals surface area contributed by atoms with Gasteiger partial charge >= 0.3 is 0 Å². The number of carbonyl (C=O) groups is 1. The molecular formula is C16H26N4O. The first-order valence-electron chi connectivity index (χ1n) is 8.21. The number of hydrogen-bond acceptors (Lipinski definition) is 3. The van der Waals surface area contributed by atoms with Gasteiger partial charge in [-0.3, -0.25) is 4.79 Å². The van der Waals surface area contributed by atoms with Crippen LogP contribution in [0.25, 0.3) is 0 Å². The summed E-state index contributed by atoms with van der Waals surface area (Å²) in [4.78, 5) is 18.4. The van der Waals surface area contributed by atoms with E-state index in [4.69, 9.17) is 0 Å². The van der Waals surface area contributed by atoms with Crippen LogP contribution in [0, 0.1) is 12.8 Å². The van der Waals surface area contributed by atoms with Crippen molar-refractivity contribution in [3.63, 3.8) is 0 Å². The Kier molecular flexibility index (Phi) is 4.58. The normalized spacial score (nSPS) is 23.4. The number of carbonyl (C=O) groups excluding carboxylic acids is 1. The summed E-state index contributed by atoms with van der Waals surface area (Å²) < 4.78 is 2.16. The quantitative estimate of drug-likeness (QED) is 0.865. The van der Waals surface area contributed by atoms with Crippen LogP contribution in [0.15, 0.2) is 12.4 Å². The molecule has 5 heteroatoms. The number of imidazole rings is 1. The van der Waals surface area contributed by atoms with Crippen LogP contribution in [0.4, 0.5) is 0 Å². The van der Waals surface area contributed by atoms with Gasteiger partial charge in [0, 0.05) is 51.0 Å². The van der Waals surface area contributed by atoms with E-state index in [9.17, 15) is 4.79 Å². The van der Waals surface area contributed by atoms with Gasteiger partial charge in [-0.05, 0) is 38.5 Å². The zero-order chi connectivity index (χ0) is 14.7. The van der Waals surface area contributed by atoms with Crippen molar-refractivity contribution in [2.45, 2.75) is 51.6 Å². The molecule has 1 aliphatic heterocycles. The van der Waals surface area contributed by atoms with Gasteiger partial charge < -0.3 is 14.8 Å². The van der Waals surface area contributed by atoms with Gasteiger partial charge in [0.15, 0.2) is 0 Å². The van der Waals surface area contributed by atoms with Crippen LogP contribution in [0.5, 0.6) is 0 Å². The lowest BCUT2D eigenvalue weighted by Crippen LogP contribution is -2.34. The molecule has 1 amide bonds. The van der Waals surface area contributed by atoms with Crippen molar-refractivity contribution in [1.29, 1.82) is 0 Å². The van der Waals surface area contributed by atoms with Crippen molar-refractivity contribution in [3.8, 4) is 0 Å². The summed E-state index contributed by atoms with van der Waals surface area (Å²) in [5, 5.41) is 3.61. The molecule has 1 aliphatic carbocycles. The molecule has 1 atom stereocenters. The molecule has 2 heterocycles. The van der Waals surface area contributed by atoms with E-state index in [2.05, 4.69) is 19.8 Å². The molecule has 2 aliphatic rings. The van der Waals surface area contributed by atoms with E-state index in [0.29, 0.717) is 18.4 Å². The van der Waals surface area contributed by atoms with E-state index in [0.717, 1.165) is 50.8 Å². The first kappa shape index (κ1) is 14.6. The van der Waals surface area contributed by atoms with Gasteiger partial charge in [-0.2, -0.15) is 0 Å². The van der Waals surface area contributed by atoms with Crippen LogP contribution in [-0.2, 0) is 11.3 Å². The van der Waals surface area contributed by atoms with Crippen molar-refractivity contribution in [2.24, 2.45) is 5.92 Å². The third kappa shape index (κ3) is 4.06. The van der Waals surface area contributed by atoms with E-state index in [1.807, 2.05) is 19.3 Å². The Bertz CT molecular complexity index is 480. The number of aromatic nitrogens is 2. The van der Waals surface area contributed by atoms with Gasteiger partial charge in [0.25, 0.3) is 0 Å². The largest absolute Gasteiger partial charge is 0.342 e. The standard InChI is InChI=1S/C16H26N4O/c1-13-17-7-10-19(13)11-8-18-15-4-5-16(21)20(9-6-15)12-14-2-3-14/h7,10,14-15,18H,2-6,8-9,11-12H2,1H3/t15-/m0/s1. The van der Waals surface area contributed by atoms with Gasteiger partial charge in [-0.25, -0.2) is 4.98 Å². The van der Waals surface area contributed by atoms with Gasteiger partial charge in [0.2, 0.25) is 5.91 Å². The molecule has 3 rings (SSSR count). The number of aryl methyl sites for hydroxylation is 1. The molecule has 0 unspecified atom stereocenters. The molecule has 0 aromatic carbocycles. The zero-order valence-corrected chi connectivity index (χ0v) is 12.9. The summed E-state index contributed by atoms with van der Waals surface area (Å²) in [5.74, 6) is 2.21. The number of nitrogens with one attached hydrogen (secondary N) is 1. The molecular weight excluding hydrogens is 264 g/mol. The van der Waals surface area contributed by atoms with E-state index in [1.54, 1.807) is 0 Å². The number of likely N-dealkylation sites (tertiary alicyclic amines) is 1. The summed E-state index contributed by atoms with van der Waals surface area (Å²) >= 11 is 0. The topological polar surface area (TPSA) is 50.2 Å². The highest BCUT2D eigenvalue weighted by Crippen LogP contribution is 2.30. The summed E-state index contributed by atoms with van der Waals surface area (Å²) in [6.07, 6.45) is 9.25. The van der Waals surface area contributed by atoms with E-state index >= 15 is 0 Å². The van der Waals surface area contributed by atoms with Crippen molar-refractivity contribution >= 4 is 5.91 Å². The lowest BCUT2D eigenvalue weighted by Gasteiger charge is -2.21. The monoisotopic (exact) mass is 290 g/mol. The van der Waals surface area contributed by atoms with Gasteiger partial charge in [-0.15, -0.1) is 0 Å². The summed E-state index contributed by atoms with van der Waals surface area (Å²) in [6, 6.07) is 0.474. The van der Waals surface area contributed by atoms with Crippen molar-refractivity contribution in [1.82, 2.24) is 19.8 Å². The zero-order valence-electron chi connectivity index (χ0n) is 12.9. The van der Waals surface area contributed by atoms with Crippen LogP contribution in [-0.4, -0.2) is 46.0 Å². The smallest absolute Gasteiger partial charge is 0.222 e. The van der Waals surface area contributed by atoms with Crippen LogP contribution < -0.4 is 5.32 Å². The Labute approximate surface area is 126 Å². The molecule has 1 saturated heterocycles. The van der Waals surface area contributed by atoms with Crippen LogP contribution in [0.1, 0.15) is 37.9 Å². The molecule has 5 nitrogen and oxygen atoms in total. The Morgan fingerprint density at radius 2 is 2.19 bits per heavy atom. The molecule has 0 spiro atoms. The van der Waals surface area contributed by atoms with Gasteiger partial charge in [-0.1, -0.05) is 0 Å². The first-order valence-corrected chi connectivity index (χ1v) is 8.21. The third-order valence-corrected chi connectivity index (χ3v) is 4.69. The van der Waals surface area contributed by atoms with Crippen LogP contribution in [0.3, 0.4) is 0 Å². The van der Waals surface area contributed by atoms with Crippen LogP contribution in [0.2, 0.25) is 0 Å². The molecule has 2 fully saturated rings. The average Bonchev–Trinajstić information content (AvgIpc) is 3.23. The fourth-order valence-electron chi connectivity index (χ4n) is 3.08. The maximum atomic E-state index is 12.1. The Hall–Kier alpha value is -1.36. The second kappa shape index (κ2) is 6.60. The molecule has 21 heavy (non-hydrogen) atoms. The molecule has 116 valence electrons. The summed E-state index contributed by atoms with van der Waals surface area (Å²) in [7, 11) is 0. The second-order valence-corrected chi connectivity index (χ2v) is 6.43. The molecule has 0 radical (unpaired) electrons. The Morgan fingerprint density at radius 1 is 1.33 bits per heavy atom. The summed E-state index contributed by atoms with van der Waals surface area (Å²) in [6.45, 7) is 5.84. The van der Waals surface area contributed by atoms with E-state index in [-0.39, 0.29) is 0 Å². The van der Waals surface area contributed by atoms with Crippen LogP contribution >= 0.6 is 0 Å². The third-order valence-electron chi connectivity index (χ3n) is 4.69. The number of nitrogens with zero attached hydrogens (tertiary/aromatic N) is 3. The lowest BCUT2D eigenvalue weighted by atomic mass is 10.1. The fourth-order valence-corrected chi connectivity index (χ4v) is 3.08. The highest BCUT2D eigenvalue weighted by Gasteiger charge is 2.28. The molecule has 1 aromatic heterocycles. The predicted octanol–water partition coefficient (Wildman–Crippen LogP) is 1.57. The van der Waals surface area contributed by atoms with Crippen molar-refractivity contribution < 1.29 is 4.79 Å². The molecule has 1 aromatic rings. The Morgan fingerprint density at radius 3 is 2.90 bits per heavy atom. The minimum Gasteiger partial charge on any atom is -0.342 e. The maximum absolute atomic E-state index is 12.1. The average molecular weight is 290 g/mol. The van der Waals surface area contributed by atoms with E-state index < -0.39 is 0 Å². The van der Waals surface area contributed by atoms with Gasteiger partial charge in [0.05, 0.1) is 0 Å². The SMILES string of the molecule is Cc1nccn1CCN[C@H]1CCC(=O)N(CC2CC2)CC1. The highest BCUT2D eigenvalue weighted by molar-refractivity contribution is 5.76.